The van der Waals surface area contributed by atoms with Crippen molar-refractivity contribution in [3.05, 3.63) is 46.6 Å². The first kappa shape index (κ1) is 14.7. The summed E-state index contributed by atoms with van der Waals surface area (Å²) in [4.78, 5) is 8.80. The van der Waals surface area contributed by atoms with E-state index in [1.165, 1.54) is 12.1 Å². The highest BCUT2D eigenvalue weighted by atomic mass is 35.5. The molecule has 0 spiro atoms. The van der Waals surface area contributed by atoms with Crippen molar-refractivity contribution < 1.29 is 4.39 Å². The fourth-order valence-electron chi connectivity index (χ4n) is 1.65. The van der Waals surface area contributed by atoms with Crippen molar-refractivity contribution in [2.75, 3.05) is 5.32 Å². The van der Waals surface area contributed by atoms with Gasteiger partial charge in [0, 0.05) is 16.7 Å². The molecule has 0 fully saturated rings. The topological polar surface area (TPSA) is 37.8 Å². The molecule has 0 unspecified atom stereocenters. The minimum Gasteiger partial charge on any atom is -0.340 e. The van der Waals surface area contributed by atoms with Gasteiger partial charge in [0.2, 0.25) is 0 Å². The van der Waals surface area contributed by atoms with Crippen molar-refractivity contribution in [1.82, 2.24) is 9.97 Å². The van der Waals surface area contributed by atoms with Gasteiger partial charge >= 0.3 is 0 Å². The highest BCUT2D eigenvalue weighted by Gasteiger charge is 2.20. The number of anilines is 2. The molecule has 106 valence electrons. The predicted molar refractivity (Wildman–Crippen MR) is 80.2 cm³/mol. The zero-order chi connectivity index (χ0) is 14.9. The first-order valence-corrected chi connectivity index (χ1v) is 6.72. The minimum absolute atomic E-state index is 0.213. The van der Waals surface area contributed by atoms with E-state index >= 15 is 0 Å². The Balaban J connectivity index is 2.43. The van der Waals surface area contributed by atoms with Gasteiger partial charge in [0.05, 0.1) is 0 Å². The molecule has 1 aromatic heterocycles. The smallest absolute Gasteiger partial charge is 0.138 e. The predicted octanol–water partition coefficient (Wildman–Crippen LogP) is 4.62. The second kappa shape index (κ2) is 5.37. The third-order valence-electron chi connectivity index (χ3n) is 2.84. The van der Waals surface area contributed by atoms with Gasteiger partial charge in [0.1, 0.15) is 22.6 Å². The van der Waals surface area contributed by atoms with Crippen LogP contribution >= 0.6 is 11.6 Å². The highest BCUT2D eigenvalue weighted by molar-refractivity contribution is 6.30. The molecule has 0 bridgehead atoms. The van der Waals surface area contributed by atoms with Crippen LogP contribution in [-0.2, 0) is 5.41 Å². The van der Waals surface area contributed by atoms with Crippen LogP contribution in [0.15, 0.2) is 24.3 Å². The van der Waals surface area contributed by atoms with Crippen LogP contribution in [-0.4, -0.2) is 9.97 Å². The Morgan fingerprint density at radius 2 is 1.90 bits per heavy atom. The SMILES string of the molecule is Cc1c(Cl)nc(C(C)(C)C)nc1Nc1cccc(F)c1. The van der Waals surface area contributed by atoms with Crippen LogP contribution in [0.5, 0.6) is 0 Å². The molecular formula is C15H17ClFN3. The van der Waals surface area contributed by atoms with E-state index in [0.717, 1.165) is 5.56 Å². The fraction of sp³-hybridized carbons (Fsp3) is 0.333. The molecular weight excluding hydrogens is 277 g/mol. The molecule has 2 rings (SSSR count). The molecule has 0 aliphatic rings. The molecule has 1 aromatic carbocycles. The summed E-state index contributed by atoms with van der Waals surface area (Å²) in [7, 11) is 0. The van der Waals surface area contributed by atoms with E-state index in [1.807, 2.05) is 27.7 Å². The van der Waals surface area contributed by atoms with Crippen LogP contribution in [0.3, 0.4) is 0 Å². The number of nitrogens with one attached hydrogen (secondary N) is 1. The molecule has 1 heterocycles. The summed E-state index contributed by atoms with van der Waals surface area (Å²) in [6.45, 7) is 7.87. The number of halogens is 2. The Labute approximate surface area is 123 Å². The molecule has 5 heteroatoms. The molecule has 0 aliphatic carbocycles. The number of rotatable bonds is 2. The molecule has 0 saturated heterocycles. The van der Waals surface area contributed by atoms with Crippen molar-refractivity contribution in [2.24, 2.45) is 0 Å². The van der Waals surface area contributed by atoms with Crippen molar-refractivity contribution in [2.45, 2.75) is 33.1 Å². The lowest BCUT2D eigenvalue weighted by Gasteiger charge is -2.19. The van der Waals surface area contributed by atoms with Gasteiger partial charge in [0.25, 0.3) is 0 Å². The summed E-state index contributed by atoms with van der Waals surface area (Å²) in [6, 6.07) is 6.22. The van der Waals surface area contributed by atoms with Gasteiger partial charge in [-0.2, -0.15) is 0 Å². The largest absolute Gasteiger partial charge is 0.340 e. The molecule has 1 N–H and O–H groups in total. The van der Waals surface area contributed by atoms with E-state index in [0.29, 0.717) is 22.5 Å². The summed E-state index contributed by atoms with van der Waals surface area (Å²) in [5.41, 5.74) is 1.15. The van der Waals surface area contributed by atoms with Crippen molar-refractivity contribution in [3.8, 4) is 0 Å². The van der Waals surface area contributed by atoms with Crippen LogP contribution in [0.2, 0.25) is 5.15 Å². The number of nitrogens with zero attached hydrogens (tertiary/aromatic N) is 2. The van der Waals surface area contributed by atoms with Crippen LogP contribution in [0, 0.1) is 12.7 Å². The van der Waals surface area contributed by atoms with E-state index in [4.69, 9.17) is 11.6 Å². The van der Waals surface area contributed by atoms with Gasteiger partial charge in [-0.3, -0.25) is 0 Å². The lowest BCUT2D eigenvalue weighted by Crippen LogP contribution is -2.17. The summed E-state index contributed by atoms with van der Waals surface area (Å²) in [5, 5.41) is 3.50. The number of hydrogen-bond donors (Lipinski definition) is 1. The van der Waals surface area contributed by atoms with Crippen LogP contribution in [0.25, 0.3) is 0 Å². The van der Waals surface area contributed by atoms with Gasteiger partial charge in [-0.1, -0.05) is 38.4 Å². The second-order valence-corrected chi connectivity index (χ2v) is 6.05. The van der Waals surface area contributed by atoms with Crippen LogP contribution in [0.1, 0.15) is 32.2 Å². The zero-order valence-corrected chi connectivity index (χ0v) is 12.7. The molecule has 0 aliphatic heterocycles. The average molecular weight is 294 g/mol. The number of hydrogen-bond acceptors (Lipinski definition) is 3. The van der Waals surface area contributed by atoms with Gasteiger partial charge in [-0.15, -0.1) is 0 Å². The molecule has 2 aromatic rings. The summed E-state index contributed by atoms with van der Waals surface area (Å²) >= 11 is 6.16. The Bertz CT molecular complexity index is 636. The molecule has 3 nitrogen and oxygen atoms in total. The summed E-state index contributed by atoms with van der Waals surface area (Å²) < 4.78 is 13.2. The summed E-state index contributed by atoms with van der Waals surface area (Å²) in [5.74, 6) is 0.941. The zero-order valence-electron chi connectivity index (χ0n) is 12.0. The van der Waals surface area contributed by atoms with E-state index in [9.17, 15) is 4.39 Å². The molecule has 0 amide bonds. The molecule has 0 radical (unpaired) electrons. The van der Waals surface area contributed by atoms with E-state index in [1.54, 1.807) is 12.1 Å². The van der Waals surface area contributed by atoms with Gasteiger partial charge in [-0.25, -0.2) is 14.4 Å². The van der Waals surface area contributed by atoms with Crippen molar-refractivity contribution in [1.29, 1.82) is 0 Å². The van der Waals surface area contributed by atoms with Gasteiger partial charge in [0.15, 0.2) is 0 Å². The quantitative estimate of drug-likeness (QED) is 0.821. The minimum atomic E-state index is -0.302. The van der Waals surface area contributed by atoms with Crippen LogP contribution in [0.4, 0.5) is 15.9 Å². The number of benzene rings is 1. The van der Waals surface area contributed by atoms with Crippen molar-refractivity contribution in [3.63, 3.8) is 0 Å². The third kappa shape index (κ3) is 3.25. The van der Waals surface area contributed by atoms with E-state index < -0.39 is 0 Å². The third-order valence-corrected chi connectivity index (χ3v) is 3.21. The number of aromatic nitrogens is 2. The van der Waals surface area contributed by atoms with E-state index in [2.05, 4.69) is 15.3 Å². The Morgan fingerprint density at radius 3 is 2.50 bits per heavy atom. The highest BCUT2D eigenvalue weighted by Crippen LogP contribution is 2.28. The second-order valence-electron chi connectivity index (χ2n) is 5.70. The first-order chi connectivity index (χ1) is 9.27. The van der Waals surface area contributed by atoms with Gasteiger partial charge in [-0.05, 0) is 25.1 Å². The average Bonchev–Trinajstić information content (AvgIpc) is 2.33. The summed E-state index contributed by atoms with van der Waals surface area (Å²) in [6.07, 6.45) is 0. The molecule has 0 saturated carbocycles. The normalized spacial score (nSPS) is 11.5. The monoisotopic (exact) mass is 293 g/mol. The lowest BCUT2D eigenvalue weighted by atomic mass is 9.95. The van der Waals surface area contributed by atoms with Crippen molar-refractivity contribution >= 4 is 23.1 Å². The first-order valence-electron chi connectivity index (χ1n) is 6.34. The molecule has 20 heavy (non-hydrogen) atoms. The standard InChI is InChI=1S/C15H17ClFN3/c1-9-12(16)19-14(15(2,3)4)20-13(9)18-11-7-5-6-10(17)8-11/h5-8H,1-4H3,(H,18,19,20). The maximum Gasteiger partial charge on any atom is 0.138 e. The fourth-order valence-corrected chi connectivity index (χ4v) is 1.82. The maximum absolute atomic E-state index is 13.2. The Morgan fingerprint density at radius 1 is 1.20 bits per heavy atom. The maximum atomic E-state index is 13.2. The van der Waals surface area contributed by atoms with Crippen LogP contribution < -0.4 is 5.32 Å². The molecule has 0 atom stereocenters. The Hall–Kier alpha value is -1.68. The van der Waals surface area contributed by atoms with Gasteiger partial charge < -0.3 is 5.32 Å². The lowest BCUT2D eigenvalue weighted by molar-refractivity contribution is 0.545. The van der Waals surface area contributed by atoms with E-state index in [-0.39, 0.29) is 11.2 Å². The Kier molecular flexibility index (Phi) is 3.95.